The normalized spacial score (nSPS) is 16.8. The summed E-state index contributed by atoms with van der Waals surface area (Å²) < 4.78 is 32.2. The summed E-state index contributed by atoms with van der Waals surface area (Å²) in [4.78, 5) is 2.40. The van der Waals surface area contributed by atoms with E-state index in [4.69, 9.17) is 4.52 Å². The van der Waals surface area contributed by atoms with Gasteiger partial charge in [0.1, 0.15) is 5.76 Å². The van der Waals surface area contributed by atoms with Gasteiger partial charge in [0.2, 0.25) is 10.0 Å². The largest absolute Gasteiger partial charge is 0.360 e. The molecule has 24 heavy (non-hydrogen) atoms. The van der Waals surface area contributed by atoms with Crippen LogP contribution < -0.4 is 4.90 Å². The number of aryl methyl sites for hydroxylation is 1. The molecule has 1 fully saturated rings. The average Bonchev–Trinajstić information content (AvgIpc) is 3.01. The van der Waals surface area contributed by atoms with E-state index < -0.39 is 10.0 Å². The highest BCUT2D eigenvalue weighted by Gasteiger charge is 2.29. The van der Waals surface area contributed by atoms with Crippen LogP contribution in [0.25, 0.3) is 0 Å². The zero-order chi connectivity index (χ0) is 17.3. The van der Waals surface area contributed by atoms with Gasteiger partial charge in [-0.2, -0.15) is 4.31 Å². The van der Waals surface area contributed by atoms with E-state index in [9.17, 15) is 8.42 Å². The number of aromatic nitrogens is 1. The Labute approximate surface area is 143 Å². The lowest BCUT2D eigenvalue weighted by Gasteiger charge is -2.33. The van der Waals surface area contributed by atoms with Crippen molar-refractivity contribution in [2.45, 2.75) is 31.6 Å². The third-order valence-corrected chi connectivity index (χ3v) is 6.28. The smallest absolute Gasteiger partial charge is 0.243 e. The Morgan fingerprint density at radius 3 is 2.21 bits per heavy atom. The van der Waals surface area contributed by atoms with Crippen LogP contribution in [0.5, 0.6) is 0 Å². The molecular formula is C17H23N3O3S. The molecule has 0 saturated carbocycles. The summed E-state index contributed by atoms with van der Waals surface area (Å²) in [5.41, 5.74) is 1.14. The topological polar surface area (TPSA) is 66.7 Å². The second-order valence-corrected chi connectivity index (χ2v) is 8.35. The van der Waals surface area contributed by atoms with Crippen molar-refractivity contribution in [3.63, 3.8) is 0 Å². The third-order valence-electron chi connectivity index (χ3n) is 4.36. The molecule has 6 nitrogen and oxygen atoms in total. The zero-order valence-electron chi connectivity index (χ0n) is 14.3. The maximum atomic E-state index is 12.8. The van der Waals surface area contributed by atoms with Gasteiger partial charge in [0.15, 0.2) is 5.82 Å². The van der Waals surface area contributed by atoms with E-state index in [1.165, 1.54) is 0 Å². The molecule has 0 unspecified atom stereocenters. The molecule has 0 N–H and O–H groups in total. The van der Waals surface area contributed by atoms with Gasteiger partial charge < -0.3 is 9.42 Å². The number of anilines is 1. The van der Waals surface area contributed by atoms with Crippen LogP contribution in [0.2, 0.25) is 0 Å². The highest BCUT2D eigenvalue weighted by molar-refractivity contribution is 7.89. The molecule has 2 aromatic rings. The number of hydrogen-bond acceptors (Lipinski definition) is 5. The van der Waals surface area contributed by atoms with Gasteiger partial charge in [-0.1, -0.05) is 31.1 Å². The summed E-state index contributed by atoms with van der Waals surface area (Å²) in [6.45, 7) is 8.13. The minimum atomic E-state index is -3.44. The van der Waals surface area contributed by atoms with Crippen LogP contribution in [0.1, 0.15) is 31.1 Å². The minimum Gasteiger partial charge on any atom is -0.360 e. The molecule has 0 bridgehead atoms. The highest BCUT2D eigenvalue weighted by Crippen LogP contribution is 2.23. The summed E-state index contributed by atoms with van der Waals surface area (Å²) in [5, 5.41) is 3.99. The first-order valence-corrected chi connectivity index (χ1v) is 9.60. The summed E-state index contributed by atoms with van der Waals surface area (Å²) in [6, 6.07) is 9.07. The van der Waals surface area contributed by atoms with Crippen LogP contribution in [0.15, 0.2) is 39.8 Å². The molecule has 0 aliphatic carbocycles. The van der Waals surface area contributed by atoms with Crippen molar-refractivity contribution in [2.75, 3.05) is 31.1 Å². The van der Waals surface area contributed by atoms with E-state index in [2.05, 4.69) is 19.0 Å². The number of piperazine rings is 1. The van der Waals surface area contributed by atoms with Crippen molar-refractivity contribution in [2.24, 2.45) is 0 Å². The number of sulfonamides is 1. The fourth-order valence-corrected chi connectivity index (χ4v) is 4.26. The van der Waals surface area contributed by atoms with Crippen LogP contribution in [0, 0.1) is 6.92 Å². The van der Waals surface area contributed by atoms with E-state index in [1.807, 2.05) is 30.0 Å². The van der Waals surface area contributed by atoms with Crippen molar-refractivity contribution in [1.82, 2.24) is 9.46 Å². The van der Waals surface area contributed by atoms with Gasteiger partial charge in [0, 0.05) is 32.2 Å². The first-order valence-electron chi connectivity index (χ1n) is 8.16. The van der Waals surface area contributed by atoms with E-state index in [0.29, 0.717) is 37.0 Å². The quantitative estimate of drug-likeness (QED) is 0.849. The number of nitrogens with zero attached hydrogens (tertiary/aromatic N) is 3. The molecular weight excluding hydrogens is 326 g/mol. The monoisotopic (exact) mass is 349 g/mol. The Bertz CT molecular complexity index is 789. The lowest BCUT2D eigenvalue weighted by molar-refractivity contribution is 0.371. The maximum absolute atomic E-state index is 12.8. The van der Waals surface area contributed by atoms with Crippen molar-refractivity contribution < 1.29 is 12.9 Å². The predicted molar refractivity (Wildman–Crippen MR) is 92.7 cm³/mol. The second kappa shape index (κ2) is 6.57. The molecule has 1 aliphatic rings. The fraction of sp³-hybridized carbons (Fsp3) is 0.471. The highest BCUT2D eigenvalue weighted by atomic mass is 32.2. The van der Waals surface area contributed by atoms with Gasteiger partial charge in [-0.3, -0.25) is 0 Å². The van der Waals surface area contributed by atoms with Crippen molar-refractivity contribution >= 4 is 15.8 Å². The standard InChI is InChI=1S/C17H23N3O3S/c1-13(2)15-4-6-16(7-5-15)24(21,22)20-10-8-19(9-11-20)17-12-14(3)23-18-17/h4-7,12-13H,8-11H2,1-3H3. The Balaban J connectivity index is 1.70. The van der Waals surface area contributed by atoms with Crippen LogP contribution in [-0.4, -0.2) is 44.1 Å². The molecule has 1 aromatic heterocycles. The first-order chi connectivity index (χ1) is 11.4. The Hall–Kier alpha value is -1.86. The van der Waals surface area contributed by atoms with Crippen LogP contribution in [-0.2, 0) is 10.0 Å². The molecule has 130 valence electrons. The van der Waals surface area contributed by atoms with Crippen molar-refractivity contribution in [1.29, 1.82) is 0 Å². The zero-order valence-corrected chi connectivity index (χ0v) is 15.1. The molecule has 0 atom stereocenters. The van der Waals surface area contributed by atoms with Gasteiger partial charge in [0.25, 0.3) is 0 Å². The van der Waals surface area contributed by atoms with Crippen molar-refractivity contribution in [3.8, 4) is 0 Å². The van der Waals surface area contributed by atoms with Gasteiger partial charge in [-0.05, 0) is 30.5 Å². The molecule has 1 saturated heterocycles. The van der Waals surface area contributed by atoms with Crippen LogP contribution in [0.3, 0.4) is 0 Å². The Morgan fingerprint density at radius 1 is 1.08 bits per heavy atom. The molecule has 3 rings (SSSR count). The SMILES string of the molecule is Cc1cc(N2CCN(S(=O)(=O)c3ccc(C(C)C)cc3)CC2)no1. The summed E-state index contributed by atoms with van der Waals surface area (Å²) in [6.07, 6.45) is 0. The van der Waals surface area contributed by atoms with Gasteiger partial charge in [0.05, 0.1) is 4.90 Å². The van der Waals surface area contributed by atoms with Crippen LogP contribution in [0.4, 0.5) is 5.82 Å². The van der Waals surface area contributed by atoms with E-state index in [1.54, 1.807) is 16.4 Å². The number of benzene rings is 1. The molecule has 2 heterocycles. The molecule has 0 spiro atoms. The number of rotatable bonds is 4. The molecule has 1 aromatic carbocycles. The minimum absolute atomic E-state index is 0.359. The lowest BCUT2D eigenvalue weighted by atomic mass is 10.0. The first kappa shape index (κ1) is 17.0. The molecule has 0 radical (unpaired) electrons. The average molecular weight is 349 g/mol. The summed E-state index contributed by atoms with van der Waals surface area (Å²) >= 11 is 0. The predicted octanol–water partition coefficient (Wildman–Crippen LogP) is 2.62. The van der Waals surface area contributed by atoms with Crippen molar-refractivity contribution in [3.05, 3.63) is 41.7 Å². The fourth-order valence-electron chi connectivity index (χ4n) is 2.83. The Kier molecular flexibility index (Phi) is 4.64. The summed E-state index contributed by atoms with van der Waals surface area (Å²) in [5.74, 6) is 1.91. The molecule has 1 aliphatic heterocycles. The van der Waals surface area contributed by atoms with Gasteiger partial charge >= 0.3 is 0 Å². The van der Waals surface area contributed by atoms with E-state index in [-0.39, 0.29) is 0 Å². The maximum Gasteiger partial charge on any atom is 0.243 e. The Morgan fingerprint density at radius 2 is 1.71 bits per heavy atom. The third kappa shape index (κ3) is 3.32. The van der Waals surface area contributed by atoms with E-state index >= 15 is 0 Å². The van der Waals surface area contributed by atoms with E-state index in [0.717, 1.165) is 17.1 Å². The second-order valence-electron chi connectivity index (χ2n) is 6.41. The van der Waals surface area contributed by atoms with Gasteiger partial charge in [-0.25, -0.2) is 8.42 Å². The van der Waals surface area contributed by atoms with Gasteiger partial charge in [-0.15, -0.1) is 0 Å². The lowest BCUT2D eigenvalue weighted by Crippen LogP contribution is -2.48. The number of hydrogen-bond donors (Lipinski definition) is 0. The van der Waals surface area contributed by atoms with Crippen LogP contribution >= 0.6 is 0 Å². The molecule has 7 heteroatoms. The molecule has 0 amide bonds. The summed E-state index contributed by atoms with van der Waals surface area (Å²) in [7, 11) is -3.44.